The molecule has 2 aromatic carbocycles. The van der Waals surface area contributed by atoms with E-state index in [0.717, 1.165) is 18.4 Å². The Balaban J connectivity index is 1.17. The van der Waals surface area contributed by atoms with Crippen molar-refractivity contribution in [2.75, 3.05) is 26.2 Å². The van der Waals surface area contributed by atoms with Crippen molar-refractivity contribution in [1.29, 1.82) is 0 Å². The van der Waals surface area contributed by atoms with Crippen molar-refractivity contribution in [3.63, 3.8) is 0 Å². The summed E-state index contributed by atoms with van der Waals surface area (Å²) in [4.78, 5) is 12.7. The van der Waals surface area contributed by atoms with Crippen LogP contribution >= 0.6 is 0 Å². The molecule has 10 nitrogen and oxygen atoms in total. The van der Waals surface area contributed by atoms with Gasteiger partial charge in [-0.3, -0.25) is 4.79 Å². The summed E-state index contributed by atoms with van der Waals surface area (Å²) in [5.41, 5.74) is 1.86. The summed E-state index contributed by atoms with van der Waals surface area (Å²) < 4.78 is 34.0. The second-order valence-corrected chi connectivity index (χ2v) is 10.0. The number of carbonyl (C=O) groups is 1. The second-order valence-electron chi connectivity index (χ2n) is 8.07. The smallest absolute Gasteiger partial charge is 0.251 e. The quantitative estimate of drug-likeness (QED) is 0.375. The van der Waals surface area contributed by atoms with Gasteiger partial charge in [-0.15, -0.1) is 15.3 Å². The van der Waals surface area contributed by atoms with Crippen LogP contribution in [0.15, 0.2) is 71.6 Å². The van der Waals surface area contributed by atoms with Crippen molar-refractivity contribution in [1.82, 2.24) is 29.4 Å². The van der Waals surface area contributed by atoms with Crippen LogP contribution in [0.2, 0.25) is 0 Å². The van der Waals surface area contributed by atoms with Crippen molar-refractivity contribution in [2.24, 2.45) is 0 Å². The van der Waals surface area contributed by atoms with Crippen LogP contribution in [-0.2, 0) is 10.0 Å². The monoisotopic (exact) mass is 492 g/mol. The number of nitrogens with zero attached hydrogens (tertiary/aromatic N) is 5. The largest absolute Gasteiger partial charge is 0.475 e. The number of aromatic nitrogens is 4. The number of fused-ring (bicyclic) bond motifs is 1. The zero-order chi connectivity index (χ0) is 24.3. The molecule has 5 rings (SSSR count). The molecule has 2 aromatic heterocycles. The summed E-state index contributed by atoms with van der Waals surface area (Å²) in [7, 11) is -3.50. The lowest BCUT2D eigenvalue weighted by Crippen LogP contribution is -2.29. The summed E-state index contributed by atoms with van der Waals surface area (Å²) in [5, 5.41) is 15.5. The molecule has 4 aromatic rings. The summed E-state index contributed by atoms with van der Waals surface area (Å²) in [6.07, 6.45) is 1.75. The number of amides is 1. The molecule has 1 aliphatic heterocycles. The number of carbonyl (C=O) groups excluding carboxylic acids is 1. The normalized spacial score (nSPS) is 14.3. The van der Waals surface area contributed by atoms with Crippen LogP contribution in [0.5, 0.6) is 5.88 Å². The number of hydrogen-bond acceptors (Lipinski definition) is 7. The highest BCUT2D eigenvalue weighted by Crippen LogP contribution is 2.21. The highest BCUT2D eigenvalue weighted by Gasteiger charge is 2.27. The van der Waals surface area contributed by atoms with Crippen LogP contribution in [0, 0.1) is 0 Å². The van der Waals surface area contributed by atoms with Gasteiger partial charge in [0.2, 0.25) is 15.9 Å². The molecular weight excluding hydrogens is 468 g/mol. The van der Waals surface area contributed by atoms with E-state index in [-0.39, 0.29) is 24.0 Å². The molecule has 0 spiro atoms. The van der Waals surface area contributed by atoms with Crippen LogP contribution in [0.1, 0.15) is 23.2 Å². The third-order valence-corrected chi connectivity index (χ3v) is 7.64. The van der Waals surface area contributed by atoms with Gasteiger partial charge < -0.3 is 10.1 Å². The second kappa shape index (κ2) is 9.80. The van der Waals surface area contributed by atoms with Crippen molar-refractivity contribution < 1.29 is 17.9 Å². The van der Waals surface area contributed by atoms with E-state index in [1.165, 1.54) is 28.6 Å². The van der Waals surface area contributed by atoms with Crippen molar-refractivity contribution in [3.05, 3.63) is 72.3 Å². The maximum absolute atomic E-state index is 12.6. The fourth-order valence-corrected chi connectivity index (χ4v) is 5.41. The van der Waals surface area contributed by atoms with Gasteiger partial charge >= 0.3 is 0 Å². The third kappa shape index (κ3) is 4.86. The van der Waals surface area contributed by atoms with E-state index in [0.29, 0.717) is 36.0 Å². The van der Waals surface area contributed by atoms with Crippen LogP contribution in [0.3, 0.4) is 0 Å². The van der Waals surface area contributed by atoms with E-state index in [4.69, 9.17) is 4.74 Å². The molecule has 1 fully saturated rings. The summed E-state index contributed by atoms with van der Waals surface area (Å²) in [6.45, 7) is 1.53. The van der Waals surface area contributed by atoms with E-state index < -0.39 is 10.0 Å². The van der Waals surface area contributed by atoms with Crippen molar-refractivity contribution in [2.45, 2.75) is 17.7 Å². The lowest BCUT2D eigenvalue weighted by atomic mass is 10.2. The van der Waals surface area contributed by atoms with Crippen LogP contribution in [-0.4, -0.2) is 64.7 Å². The average Bonchev–Trinajstić information content (AvgIpc) is 3.58. The van der Waals surface area contributed by atoms with Gasteiger partial charge in [0.15, 0.2) is 11.5 Å². The topological polar surface area (TPSA) is 119 Å². The van der Waals surface area contributed by atoms with Crippen LogP contribution < -0.4 is 10.1 Å². The lowest BCUT2D eigenvalue weighted by molar-refractivity contribution is 0.0946. The van der Waals surface area contributed by atoms with Crippen LogP contribution in [0.4, 0.5) is 0 Å². The highest BCUT2D eigenvalue weighted by molar-refractivity contribution is 7.89. The fourth-order valence-electron chi connectivity index (χ4n) is 3.89. The van der Waals surface area contributed by atoms with Crippen molar-refractivity contribution in [3.8, 4) is 17.3 Å². The van der Waals surface area contributed by atoms with E-state index in [2.05, 4.69) is 20.6 Å². The summed E-state index contributed by atoms with van der Waals surface area (Å²) in [5.74, 6) is 0.669. The maximum Gasteiger partial charge on any atom is 0.251 e. The third-order valence-electron chi connectivity index (χ3n) is 5.73. The predicted molar refractivity (Wildman–Crippen MR) is 128 cm³/mol. The average molecular weight is 493 g/mol. The zero-order valence-electron chi connectivity index (χ0n) is 18.9. The van der Waals surface area contributed by atoms with Gasteiger partial charge in [-0.2, -0.15) is 8.82 Å². The molecule has 1 aliphatic rings. The molecule has 1 amide bonds. The number of nitrogens with one attached hydrogen (secondary N) is 1. The Morgan fingerprint density at radius 2 is 1.69 bits per heavy atom. The molecule has 0 unspecified atom stereocenters. The Hall–Kier alpha value is -3.83. The van der Waals surface area contributed by atoms with Gasteiger partial charge in [-0.1, -0.05) is 30.3 Å². The Morgan fingerprint density at radius 3 is 2.43 bits per heavy atom. The first-order chi connectivity index (χ1) is 17.0. The molecule has 0 radical (unpaired) electrons. The minimum atomic E-state index is -3.50. The summed E-state index contributed by atoms with van der Waals surface area (Å²) >= 11 is 0. The van der Waals surface area contributed by atoms with Crippen molar-refractivity contribution >= 4 is 21.6 Å². The minimum Gasteiger partial charge on any atom is -0.475 e. The zero-order valence-corrected chi connectivity index (χ0v) is 19.7. The molecule has 1 N–H and O–H groups in total. The standard InChI is InChI=1S/C24H24N6O4S/c31-24(19-8-10-20(11-9-19)35(32,33)29-15-4-5-16-29)25-14-17-34-22-13-12-21-26-27-23(30(21)28-22)18-6-2-1-3-7-18/h1-3,6-13H,4-5,14-17H2,(H,25,31). The molecule has 180 valence electrons. The molecule has 0 saturated carbocycles. The highest BCUT2D eigenvalue weighted by atomic mass is 32.2. The minimum absolute atomic E-state index is 0.199. The molecule has 11 heteroatoms. The molecular formula is C24H24N6O4S. The summed E-state index contributed by atoms with van der Waals surface area (Å²) in [6, 6.07) is 19.1. The molecule has 1 saturated heterocycles. The Bertz CT molecular complexity index is 1430. The van der Waals surface area contributed by atoms with Gasteiger partial charge in [0.05, 0.1) is 11.4 Å². The lowest BCUT2D eigenvalue weighted by Gasteiger charge is -2.15. The Morgan fingerprint density at radius 1 is 0.943 bits per heavy atom. The van der Waals surface area contributed by atoms with Gasteiger partial charge in [0.1, 0.15) is 6.61 Å². The molecule has 0 bridgehead atoms. The van der Waals surface area contributed by atoms with E-state index in [9.17, 15) is 13.2 Å². The van der Waals surface area contributed by atoms with Crippen LogP contribution in [0.25, 0.3) is 17.0 Å². The molecule has 35 heavy (non-hydrogen) atoms. The number of sulfonamides is 1. The Kier molecular flexibility index (Phi) is 6.43. The van der Waals surface area contributed by atoms with E-state index in [1.54, 1.807) is 16.6 Å². The maximum atomic E-state index is 12.6. The van der Waals surface area contributed by atoms with E-state index >= 15 is 0 Å². The first kappa shape index (κ1) is 22.9. The number of benzene rings is 2. The number of ether oxygens (including phenoxy) is 1. The van der Waals surface area contributed by atoms with Gasteiger partial charge in [0, 0.05) is 30.3 Å². The number of hydrogen-bond donors (Lipinski definition) is 1. The first-order valence-electron chi connectivity index (χ1n) is 11.3. The molecule has 3 heterocycles. The fraction of sp³-hybridized carbons (Fsp3) is 0.250. The van der Waals surface area contributed by atoms with Gasteiger partial charge in [0.25, 0.3) is 5.91 Å². The predicted octanol–water partition coefficient (Wildman–Crippen LogP) is 2.38. The molecule has 0 aliphatic carbocycles. The SMILES string of the molecule is O=C(NCCOc1ccc2nnc(-c3ccccc3)n2n1)c1ccc(S(=O)(=O)N2CCCC2)cc1. The van der Waals surface area contributed by atoms with Gasteiger partial charge in [-0.25, -0.2) is 8.42 Å². The number of rotatable bonds is 8. The Labute approximate surface area is 202 Å². The van der Waals surface area contributed by atoms with E-state index in [1.807, 2.05) is 30.3 Å². The van der Waals surface area contributed by atoms with Gasteiger partial charge in [-0.05, 0) is 43.2 Å². The molecule has 0 atom stereocenters. The first-order valence-corrected chi connectivity index (χ1v) is 12.8.